The Hall–Kier alpha value is -1.18. The van der Waals surface area contributed by atoms with Gasteiger partial charge in [0.05, 0.1) is 21.0 Å². The van der Waals surface area contributed by atoms with Gasteiger partial charge in [-0.2, -0.15) is 5.10 Å². The van der Waals surface area contributed by atoms with Gasteiger partial charge in [-0.3, -0.25) is 4.68 Å². The lowest BCUT2D eigenvalue weighted by Gasteiger charge is -2.09. The van der Waals surface area contributed by atoms with Crippen LogP contribution in [0.2, 0.25) is 0 Å². The number of nitrogens with one attached hydrogen (secondary N) is 1. The first kappa shape index (κ1) is 14.2. The van der Waals surface area contributed by atoms with Crippen LogP contribution in [0, 0.1) is 10.5 Å². The summed E-state index contributed by atoms with van der Waals surface area (Å²) in [5, 5.41) is 7.62. The molecular weight excluding hydrogens is 353 g/mol. The maximum atomic E-state index is 4.61. The van der Waals surface area contributed by atoms with Crippen LogP contribution >= 0.6 is 22.6 Å². The molecule has 102 valence electrons. The lowest BCUT2D eigenvalue weighted by atomic mass is 10.3. The number of hydrogen-bond acceptors (Lipinski definition) is 4. The number of aromatic nitrogens is 4. The molecule has 0 saturated heterocycles. The molecule has 2 aromatic rings. The molecule has 0 amide bonds. The van der Waals surface area contributed by atoms with E-state index in [1.165, 1.54) is 0 Å². The minimum Gasteiger partial charge on any atom is -0.369 e. The Labute approximate surface area is 127 Å². The van der Waals surface area contributed by atoms with E-state index in [-0.39, 0.29) is 0 Å². The first-order valence-corrected chi connectivity index (χ1v) is 7.54. The van der Waals surface area contributed by atoms with Crippen LogP contribution in [-0.4, -0.2) is 26.3 Å². The molecule has 2 aromatic heterocycles. The van der Waals surface area contributed by atoms with Crippen molar-refractivity contribution in [2.75, 3.05) is 11.9 Å². The summed E-state index contributed by atoms with van der Waals surface area (Å²) in [6, 6.07) is 0. The highest BCUT2D eigenvalue weighted by Crippen LogP contribution is 2.23. The molecule has 0 spiro atoms. The van der Waals surface area contributed by atoms with Gasteiger partial charge in [-0.05, 0) is 42.9 Å². The first-order chi connectivity index (χ1) is 9.15. The molecule has 0 aliphatic carbocycles. The lowest BCUT2D eigenvalue weighted by Crippen LogP contribution is -2.07. The molecule has 0 saturated carbocycles. The Balaban J connectivity index is 2.37. The van der Waals surface area contributed by atoms with E-state index in [1.807, 2.05) is 24.0 Å². The summed E-state index contributed by atoms with van der Waals surface area (Å²) in [6.45, 7) is 7.98. The summed E-state index contributed by atoms with van der Waals surface area (Å²) in [5.41, 5.74) is 1.95. The van der Waals surface area contributed by atoms with Crippen LogP contribution in [0.25, 0.3) is 11.4 Å². The summed E-state index contributed by atoms with van der Waals surface area (Å²) in [5.74, 6) is 1.64. The molecule has 6 heteroatoms. The molecule has 0 fully saturated rings. The largest absolute Gasteiger partial charge is 0.369 e. The van der Waals surface area contributed by atoms with E-state index >= 15 is 0 Å². The fourth-order valence-corrected chi connectivity index (χ4v) is 2.13. The van der Waals surface area contributed by atoms with Gasteiger partial charge in [-0.15, -0.1) is 0 Å². The Bertz CT molecular complexity index is 564. The predicted molar refractivity (Wildman–Crippen MR) is 85.2 cm³/mol. The maximum Gasteiger partial charge on any atom is 0.165 e. The number of hydrogen-bond donors (Lipinski definition) is 1. The second-order valence-corrected chi connectivity index (χ2v) is 5.39. The van der Waals surface area contributed by atoms with Crippen LogP contribution in [0.5, 0.6) is 0 Å². The van der Waals surface area contributed by atoms with Gasteiger partial charge in [-0.25, -0.2) is 9.97 Å². The normalized spacial score (nSPS) is 10.7. The molecule has 2 heterocycles. The third kappa shape index (κ3) is 3.23. The predicted octanol–water partition coefficient (Wildman–Crippen LogP) is 3.09. The molecule has 0 aliphatic heterocycles. The van der Waals surface area contributed by atoms with Gasteiger partial charge >= 0.3 is 0 Å². The maximum absolute atomic E-state index is 4.61. The van der Waals surface area contributed by atoms with Gasteiger partial charge < -0.3 is 5.32 Å². The fourth-order valence-electron chi connectivity index (χ4n) is 1.70. The van der Waals surface area contributed by atoms with Crippen molar-refractivity contribution in [1.82, 2.24) is 19.7 Å². The third-order valence-corrected chi connectivity index (χ3v) is 4.07. The number of nitrogens with zero attached hydrogens (tertiary/aromatic N) is 4. The van der Waals surface area contributed by atoms with Crippen molar-refractivity contribution < 1.29 is 0 Å². The highest BCUT2D eigenvalue weighted by molar-refractivity contribution is 14.1. The fraction of sp³-hybridized carbons (Fsp3) is 0.462. The first-order valence-electron chi connectivity index (χ1n) is 6.46. The van der Waals surface area contributed by atoms with Crippen LogP contribution < -0.4 is 5.32 Å². The molecule has 5 nitrogen and oxygen atoms in total. The molecule has 19 heavy (non-hydrogen) atoms. The van der Waals surface area contributed by atoms with Gasteiger partial charge in [0.1, 0.15) is 5.82 Å². The number of aryl methyl sites for hydroxylation is 2. The van der Waals surface area contributed by atoms with Crippen molar-refractivity contribution in [2.45, 2.75) is 33.7 Å². The summed E-state index contributed by atoms with van der Waals surface area (Å²) in [7, 11) is 0. The van der Waals surface area contributed by atoms with E-state index in [0.29, 0.717) is 0 Å². The molecule has 0 aliphatic rings. The van der Waals surface area contributed by atoms with Crippen LogP contribution in [0.15, 0.2) is 12.4 Å². The van der Waals surface area contributed by atoms with Crippen LogP contribution in [0.4, 0.5) is 5.82 Å². The van der Waals surface area contributed by atoms with E-state index in [1.54, 1.807) is 0 Å². The SMILES string of the molecule is CCCNc1nc(-c2cnn(CC)c2)nc(C)c1I. The monoisotopic (exact) mass is 371 g/mol. The van der Waals surface area contributed by atoms with Crippen molar-refractivity contribution in [3.8, 4) is 11.4 Å². The Kier molecular flexibility index (Phi) is 4.73. The highest BCUT2D eigenvalue weighted by Gasteiger charge is 2.11. The number of rotatable bonds is 5. The van der Waals surface area contributed by atoms with E-state index in [2.05, 4.69) is 56.8 Å². The Morgan fingerprint density at radius 1 is 1.32 bits per heavy atom. The molecule has 2 rings (SSSR count). The topological polar surface area (TPSA) is 55.6 Å². The zero-order chi connectivity index (χ0) is 13.8. The van der Waals surface area contributed by atoms with Gasteiger partial charge in [0.2, 0.25) is 0 Å². The third-order valence-electron chi connectivity index (χ3n) is 2.77. The van der Waals surface area contributed by atoms with Gasteiger partial charge in [0.15, 0.2) is 5.82 Å². The summed E-state index contributed by atoms with van der Waals surface area (Å²) in [4.78, 5) is 9.15. The van der Waals surface area contributed by atoms with E-state index in [4.69, 9.17) is 0 Å². The van der Waals surface area contributed by atoms with Gasteiger partial charge in [0, 0.05) is 19.3 Å². The second-order valence-electron chi connectivity index (χ2n) is 4.31. The Morgan fingerprint density at radius 2 is 2.11 bits per heavy atom. The smallest absolute Gasteiger partial charge is 0.165 e. The molecule has 0 aromatic carbocycles. The van der Waals surface area contributed by atoms with Crippen molar-refractivity contribution in [1.29, 1.82) is 0 Å². The minimum absolute atomic E-state index is 0.733. The van der Waals surface area contributed by atoms with Crippen LogP contribution in [-0.2, 0) is 6.54 Å². The van der Waals surface area contributed by atoms with E-state index in [0.717, 1.165) is 46.0 Å². The summed E-state index contributed by atoms with van der Waals surface area (Å²) < 4.78 is 2.96. The number of halogens is 1. The average Bonchev–Trinajstić information content (AvgIpc) is 2.89. The Morgan fingerprint density at radius 3 is 2.74 bits per heavy atom. The van der Waals surface area contributed by atoms with E-state index in [9.17, 15) is 0 Å². The zero-order valence-corrected chi connectivity index (χ0v) is 13.6. The van der Waals surface area contributed by atoms with Crippen LogP contribution in [0.3, 0.4) is 0 Å². The minimum atomic E-state index is 0.733. The number of anilines is 1. The van der Waals surface area contributed by atoms with Crippen LogP contribution in [0.1, 0.15) is 26.0 Å². The summed E-state index contributed by atoms with van der Waals surface area (Å²) in [6.07, 6.45) is 4.86. The molecule has 0 bridgehead atoms. The standard InChI is InChI=1S/C13H18IN5/c1-4-6-15-13-11(14)9(3)17-12(18-13)10-7-16-19(5-2)8-10/h7-8H,4-6H2,1-3H3,(H,15,17,18). The molecular formula is C13H18IN5. The highest BCUT2D eigenvalue weighted by atomic mass is 127. The molecule has 0 unspecified atom stereocenters. The van der Waals surface area contributed by atoms with E-state index < -0.39 is 0 Å². The molecule has 0 atom stereocenters. The summed E-state index contributed by atoms with van der Waals surface area (Å²) >= 11 is 2.28. The van der Waals surface area contributed by atoms with Crippen molar-refractivity contribution in [3.05, 3.63) is 21.7 Å². The van der Waals surface area contributed by atoms with Gasteiger partial charge in [-0.1, -0.05) is 6.92 Å². The molecule has 0 radical (unpaired) electrons. The second kappa shape index (κ2) is 6.31. The lowest BCUT2D eigenvalue weighted by molar-refractivity contribution is 0.660. The van der Waals surface area contributed by atoms with Crippen molar-refractivity contribution >= 4 is 28.4 Å². The quantitative estimate of drug-likeness (QED) is 0.821. The van der Waals surface area contributed by atoms with Gasteiger partial charge in [0.25, 0.3) is 0 Å². The van der Waals surface area contributed by atoms with Crippen molar-refractivity contribution in [3.63, 3.8) is 0 Å². The average molecular weight is 371 g/mol. The zero-order valence-electron chi connectivity index (χ0n) is 11.4. The van der Waals surface area contributed by atoms with Crippen molar-refractivity contribution in [2.24, 2.45) is 0 Å². The molecule has 1 N–H and O–H groups in total.